The van der Waals surface area contributed by atoms with E-state index in [0.717, 1.165) is 36.5 Å². The van der Waals surface area contributed by atoms with Crippen molar-refractivity contribution < 1.29 is 58.1 Å². The monoisotopic (exact) mass is 692 g/mol. The quantitative estimate of drug-likeness (QED) is 0.198. The molecule has 262 valence electrons. The van der Waals surface area contributed by atoms with Gasteiger partial charge in [0.15, 0.2) is 0 Å². The maximum Gasteiger partial charge on any atom is 0.527 e. The van der Waals surface area contributed by atoms with Crippen molar-refractivity contribution in [1.82, 2.24) is 0 Å². The maximum absolute atomic E-state index is 15.0. The molecule has 3 aromatic carbocycles. The molecule has 0 aromatic heterocycles. The topological polar surface area (TPSA) is 27.7 Å². The van der Waals surface area contributed by atoms with Gasteiger partial charge in [0.2, 0.25) is 0 Å². The lowest BCUT2D eigenvalue weighted by molar-refractivity contribution is -0.432. The number of hydrogen-bond donors (Lipinski definition) is 0. The molecule has 1 saturated carbocycles. The summed E-state index contributed by atoms with van der Waals surface area (Å²) in [4.78, 5) is 0. The molecule has 1 aliphatic heterocycles. The lowest BCUT2D eigenvalue weighted by atomic mass is 9.73. The van der Waals surface area contributed by atoms with E-state index in [1.54, 1.807) is 0 Å². The average molecular weight is 693 g/mol. The van der Waals surface area contributed by atoms with Crippen LogP contribution in [-0.2, 0) is 21.7 Å². The zero-order valence-electron chi connectivity index (χ0n) is 25.9. The maximum atomic E-state index is 15.0. The van der Waals surface area contributed by atoms with Crippen molar-refractivity contribution in [3.05, 3.63) is 88.7 Å². The molecular weight excluding hydrogens is 658 g/mol. The van der Waals surface area contributed by atoms with Gasteiger partial charge in [-0.1, -0.05) is 44.7 Å². The van der Waals surface area contributed by atoms with Crippen molar-refractivity contribution in [3.8, 4) is 16.9 Å². The highest BCUT2D eigenvalue weighted by Gasteiger charge is 2.49. The smallest absolute Gasteiger partial charge is 0.429 e. The van der Waals surface area contributed by atoms with Crippen LogP contribution in [0.4, 0.5) is 43.9 Å². The molecule has 1 aliphatic carbocycles. The summed E-state index contributed by atoms with van der Waals surface area (Å²) in [5.74, 6) is -4.34. The normalized spacial score (nSPS) is 22.5. The van der Waals surface area contributed by atoms with Crippen molar-refractivity contribution in [3.63, 3.8) is 0 Å². The summed E-state index contributed by atoms with van der Waals surface area (Å²) in [6, 6.07) is 7.87. The Hall–Kier alpha value is -3.32. The third-order valence-corrected chi connectivity index (χ3v) is 9.26. The van der Waals surface area contributed by atoms with Gasteiger partial charge in [0.25, 0.3) is 0 Å². The van der Waals surface area contributed by atoms with Gasteiger partial charge in [-0.2, -0.15) is 17.6 Å². The standard InChI is InChI=1S/C35H34F10O3/c1-2-3-20-4-6-21(7-5-20)23-10-15-31(46-19-23)22-8-11-25(12-9-22)33(39,40)47-26-13-14-27(28(36)18-26)24-16-29(37)32(30(38)17-24)34(41,42)48-35(43,44)45/h8-9,11-14,16-18,20-21,23,31H,2-7,10,15,19H2,1H3. The van der Waals surface area contributed by atoms with E-state index >= 15 is 8.78 Å². The van der Waals surface area contributed by atoms with Crippen LogP contribution in [0.25, 0.3) is 11.1 Å². The number of hydrogen-bond acceptors (Lipinski definition) is 3. The Kier molecular flexibility index (Phi) is 10.7. The fourth-order valence-corrected chi connectivity index (χ4v) is 6.86. The molecule has 0 radical (unpaired) electrons. The Morgan fingerprint density at radius 2 is 1.33 bits per heavy atom. The summed E-state index contributed by atoms with van der Waals surface area (Å²) in [6.07, 6.45) is -6.27. The van der Waals surface area contributed by atoms with Crippen LogP contribution in [0.15, 0.2) is 54.6 Å². The summed E-state index contributed by atoms with van der Waals surface area (Å²) in [7, 11) is 0. The Labute approximate surface area is 271 Å². The van der Waals surface area contributed by atoms with Gasteiger partial charge >= 0.3 is 18.6 Å². The van der Waals surface area contributed by atoms with Gasteiger partial charge in [-0.25, -0.2) is 17.9 Å². The molecule has 48 heavy (non-hydrogen) atoms. The first-order chi connectivity index (χ1) is 22.6. The van der Waals surface area contributed by atoms with Gasteiger partial charge in [-0.15, -0.1) is 13.2 Å². The molecule has 0 spiro atoms. The number of alkyl halides is 7. The average Bonchev–Trinajstić information content (AvgIpc) is 3.00. The van der Waals surface area contributed by atoms with Gasteiger partial charge in [0, 0.05) is 11.6 Å². The van der Waals surface area contributed by atoms with Gasteiger partial charge < -0.3 is 9.47 Å². The van der Waals surface area contributed by atoms with E-state index in [9.17, 15) is 35.1 Å². The second-order valence-electron chi connectivity index (χ2n) is 12.5. The van der Waals surface area contributed by atoms with Gasteiger partial charge in [0.1, 0.15) is 28.8 Å². The van der Waals surface area contributed by atoms with Gasteiger partial charge in [-0.05, 0) is 91.0 Å². The van der Waals surface area contributed by atoms with Crippen molar-refractivity contribution in [2.45, 2.75) is 83.0 Å². The Balaban J connectivity index is 1.21. The second-order valence-corrected chi connectivity index (χ2v) is 12.5. The fourth-order valence-electron chi connectivity index (χ4n) is 6.86. The fraction of sp³-hybridized carbons (Fsp3) is 0.486. The first kappa shape index (κ1) is 36.0. The van der Waals surface area contributed by atoms with Crippen molar-refractivity contribution in [1.29, 1.82) is 0 Å². The SMILES string of the molecule is CCCC1CCC(C2CCC(c3ccc(C(F)(F)Oc4ccc(-c5cc(F)c(C(F)(F)OC(F)(F)F)c(F)c5)c(F)c4)cc3)OC2)CC1. The zero-order valence-corrected chi connectivity index (χ0v) is 25.9. The molecule has 0 N–H and O–H groups in total. The summed E-state index contributed by atoms with van der Waals surface area (Å²) in [5.41, 5.74) is -3.45. The van der Waals surface area contributed by atoms with Crippen LogP contribution in [0, 0.1) is 35.2 Å². The van der Waals surface area contributed by atoms with Crippen LogP contribution in [0.5, 0.6) is 5.75 Å². The first-order valence-corrected chi connectivity index (χ1v) is 15.8. The van der Waals surface area contributed by atoms with E-state index in [1.165, 1.54) is 62.8 Å². The van der Waals surface area contributed by atoms with Crippen LogP contribution < -0.4 is 4.74 Å². The minimum atomic E-state index is -5.92. The molecular formula is C35H34F10O3. The van der Waals surface area contributed by atoms with Gasteiger partial charge in [-0.3, -0.25) is 0 Å². The van der Waals surface area contributed by atoms with Gasteiger partial charge in [0.05, 0.1) is 18.3 Å². The predicted octanol–water partition coefficient (Wildman–Crippen LogP) is 11.6. The zero-order chi connectivity index (χ0) is 34.9. The molecule has 13 heteroatoms. The van der Waals surface area contributed by atoms with Crippen LogP contribution in [0.3, 0.4) is 0 Å². The number of benzene rings is 3. The highest BCUT2D eigenvalue weighted by Crippen LogP contribution is 2.43. The van der Waals surface area contributed by atoms with E-state index in [0.29, 0.717) is 24.5 Å². The molecule has 3 aromatic rings. The third-order valence-electron chi connectivity index (χ3n) is 9.26. The molecule has 2 unspecified atom stereocenters. The molecule has 2 fully saturated rings. The predicted molar refractivity (Wildman–Crippen MR) is 156 cm³/mol. The summed E-state index contributed by atoms with van der Waals surface area (Å²) >= 11 is 0. The molecule has 5 rings (SSSR count). The second kappa shape index (κ2) is 14.3. The molecule has 1 saturated heterocycles. The molecule has 0 bridgehead atoms. The van der Waals surface area contributed by atoms with Crippen LogP contribution >= 0.6 is 0 Å². The third kappa shape index (κ3) is 8.45. The van der Waals surface area contributed by atoms with Crippen molar-refractivity contribution >= 4 is 0 Å². The Morgan fingerprint density at radius 1 is 0.708 bits per heavy atom. The minimum Gasteiger partial charge on any atom is -0.429 e. The molecule has 2 aliphatic rings. The summed E-state index contributed by atoms with van der Waals surface area (Å²) < 4.78 is 151. The van der Waals surface area contributed by atoms with E-state index < -0.39 is 64.0 Å². The summed E-state index contributed by atoms with van der Waals surface area (Å²) in [5, 5.41) is 0. The van der Waals surface area contributed by atoms with Crippen molar-refractivity contribution in [2.24, 2.45) is 17.8 Å². The number of ether oxygens (including phenoxy) is 3. The largest absolute Gasteiger partial charge is 0.527 e. The molecule has 3 nitrogen and oxygen atoms in total. The Morgan fingerprint density at radius 3 is 1.88 bits per heavy atom. The first-order valence-electron chi connectivity index (χ1n) is 15.8. The van der Waals surface area contributed by atoms with E-state index in [1.807, 2.05) is 0 Å². The molecule has 1 heterocycles. The Bertz CT molecular complexity index is 1520. The highest BCUT2D eigenvalue weighted by atomic mass is 19.4. The lowest BCUT2D eigenvalue weighted by Gasteiger charge is -2.38. The van der Waals surface area contributed by atoms with Crippen LogP contribution in [0.2, 0.25) is 0 Å². The summed E-state index contributed by atoms with van der Waals surface area (Å²) in [6.45, 7) is 2.84. The van der Waals surface area contributed by atoms with Crippen LogP contribution in [-0.4, -0.2) is 13.0 Å². The lowest BCUT2D eigenvalue weighted by Crippen LogP contribution is -2.29. The van der Waals surface area contributed by atoms with Crippen LogP contribution in [0.1, 0.15) is 81.1 Å². The van der Waals surface area contributed by atoms with E-state index in [2.05, 4.69) is 11.7 Å². The van der Waals surface area contributed by atoms with Crippen molar-refractivity contribution in [2.75, 3.05) is 6.61 Å². The highest BCUT2D eigenvalue weighted by molar-refractivity contribution is 5.66. The number of rotatable bonds is 10. The number of halogens is 10. The van der Waals surface area contributed by atoms with E-state index in [-0.39, 0.29) is 18.2 Å². The van der Waals surface area contributed by atoms with E-state index in [4.69, 9.17) is 9.47 Å². The minimum absolute atomic E-state index is 0.163. The molecule has 2 atom stereocenters. The molecule has 0 amide bonds.